The molecular weight excluding hydrogens is 276 g/mol. The third kappa shape index (κ3) is 3.61. The Hall–Kier alpha value is -1.55. The van der Waals surface area contributed by atoms with Crippen LogP contribution >= 0.6 is 0 Å². The quantitative estimate of drug-likeness (QED) is 0.838. The number of rotatable bonds is 5. The molecule has 2 aliphatic rings. The van der Waals surface area contributed by atoms with Crippen LogP contribution in [0.4, 0.5) is 4.79 Å². The molecule has 2 aliphatic heterocycles. The van der Waals surface area contributed by atoms with Gasteiger partial charge in [0.05, 0.1) is 6.54 Å². The molecule has 2 saturated heterocycles. The number of ether oxygens (including phenoxy) is 1. The Balaban J connectivity index is 1.41. The standard InChI is InChI=1S/C18H26N2O2/c1-15(16-5-3-2-4-6-16)7-10-19-11-8-17(9-12-19)20-13-14-22-18(20)21/h2-6,15,17H,7-14H2,1H3. The fraction of sp³-hybridized carbons (Fsp3) is 0.611. The number of likely N-dealkylation sites (tertiary alicyclic amines) is 1. The largest absolute Gasteiger partial charge is 0.448 e. The van der Waals surface area contributed by atoms with Crippen LogP contribution in [0.3, 0.4) is 0 Å². The zero-order chi connectivity index (χ0) is 15.4. The molecule has 1 amide bonds. The Morgan fingerprint density at radius 2 is 1.91 bits per heavy atom. The van der Waals surface area contributed by atoms with Gasteiger partial charge in [0.1, 0.15) is 6.61 Å². The maximum absolute atomic E-state index is 11.6. The van der Waals surface area contributed by atoms with E-state index in [1.54, 1.807) is 0 Å². The van der Waals surface area contributed by atoms with E-state index < -0.39 is 0 Å². The molecule has 0 radical (unpaired) electrons. The van der Waals surface area contributed by atoms with Crippen molar-refractivity contribution in [3.8, 4) is 0 Å². The zero-order valence-electron chi connectivity index (χ0n) is 13.4. The zero-order valence-corrected chi connectivity index (χ0v) is 13.4. The summed E-state index contributed by atoms with van der Waals surface area (Å²) in [6, 6.07) is 11.1. The van der Waals surface area contributed by atoms with Gasteiger partial charge in [0.25, 0.3) is 0 Å². The van der Waals surface area contributed by atoms with E-state index in [-0.39, 0.29) is 6.09 Å². The number of carbonyl (C=O) groups excluding carboxylic acids is 1. The van der Waals surface area contributed by atoms with Crippen molar-refractivity contribution in [2.24, 2.45) is 0 Å². The van der Waals surface area contributed by atoms with Crippen LogP contribution in [0, 0.1) is 0 Å². The number of hydrogen-bond acceptors (Lipinski definition) is 3. The van der Waals surface area contributed by atoms with Crippen LogP contribution < -0.4 is 0 Å². The molecule has 120 valence electrons. The van der Waals surface area contributed by atoms with Gasteiger partial charge in [0.2, 0.25) is 0 Å². The molecule has 0 saturated carbocycles. The van der Waals surface area contributed by atoms with Gasteiger partial charge in [-0.2, -0.15) is 0 Å². The number of benzene rings is 1. The first-order chi connectivity index (χ1) is 10.7. The van der Waals surface area contributed by atoms with Gasteiger partial charge in [-0.15, -0.1) is 0 Å². The molecule has 0 aliphatic carbocycles. The van der Waals surface area contributed by atoms with E-state index in [0.717, 1.165) is 39.0 Å². The molecule has 1 aromatic rings. The number of hydrogen-bond donors (Lipinski definition) is 0. The van der Waals surface area contributed by atoms with Gasteiger partial charge in [-0.05, 0) is 37.3 Å². The van der Waals surface area contributed by atoms with Crippen LogP contribution in [0.15, 0.2) is 30.3 Å². The summed E-state index contributed by atoms with van der Waals surface area (Å²) in [6.45, 7) is 6.98. The van der Waals surface area contributed by atoms with Crippen molar-refractivity contribution in [3.05, 3.63) is 35.9 Å². The maximum atomic E-state index is 11.6. The maximum Gasteiger partial charge on any atom is 0.410 e. The first kappa shape index (κ1) is 15.3. The van der Waals surface area contributed by atoms with Gasteiger partial charge < -0.3 is 14.5 Å². The lowest BCUT2D eigenvalue weighted by Gasteiger charge is -2.35. The van der Waals surface area contributed by atoms with Gasteiger partial charge in [-0.3, -0.25) is 0 Å². The van der Waals surface area contributed by atoms with E-state index in [0.29, 0.717) is 18.6 Å². The van der Waals surface area contributed by atoms with E-state index in [1.807, 2.05) is 4.90 Å². The number of cyclic esters (lactones) is 1. The third-order valence-corrected chi connectivity index (χ3v) is 5.04. The topological polar surface area (TPSA) is 32.8 Å². The van der Waals surface area contributed by atoms with Crippen molar-refractivity contribution in [1.82, 2.24) is 9.80 Å². The monoisotopic (exact) mass is 302 g/mol. The van der Waals surface area contributed by atoms with Crippen molar-refractivity contribution >= 4 is 6.09 Å². The van der Waals surface area contributed by atoms with Crippen LogP contribution in [0.5, 0.6) is 0 Å². The van der Waals surface area contributed by atoms with E-state index >= 15 is 0 Å². The molecule has 1 atom stereocenters. The second-order valence-corrected chi connectivity index (χ2v) is 6.48. The van der Waals surface area contributed by atoms with Gasteiger partial charge in [0, 0.05) is 19.1 Å². The summed E-state index contributed by atoms with van der Waals surface area (Å²) in [5, 5.41) is 0. The minimum absolute atomic E-state index is 0.115. The van der Waals surface area contributed by atoms with E-state index in [2.05, 4.69) is 42.2 Å². The fourth-order valence-electron chi connectivity index (χ4n) is 3.52. The van der Waals surface area contributed by atoms with E-state index in [1.165, 1.54) is 12.0 Å². The van der Waals surface area contributed by atoms with Crippen molar-refractivity contribution in [3.63, 3.8) is 0 Å². The highest BCUT2D eigenvalue weighted by Gasteiger charge is 2.32. The Morgan fingerprint density at radius 1 is 1.18 bits per heavy atom. The minimum Gasteiger partial charge on any atom is -0.448 e. The molecule has 0 N–H and O–H groups in total. The molecule has 0 bridgehead atoms. The summed E-state index contributed by atoms with van der Waals surface area (Å²) >= 11 is 0. The molecule has 2 heterocycles. The normalized spacial score (nSPS) is 21.9. The fourth-order valence-corrected chi connectivity index (χ4v) is 3.52. The van der Waals surface area contributed by atoms with Crippen LogP contribution in [-0.2, 0) is 4.74 Å². The summed E-state index contributed by atoms with van der Waals surface area (Å²) in [6.07, 6.45) is 3.24. The highest BCUT2D eigenvalue weighted by molar-refractivity contribution is 5.69. The Kier molecular flexibility index (Phi) is 4.98. The second-order valence-electron chi connectivity index (χ2n) is 6.48. The average molecular weight is 302 g/mol. The SMILES string of the molecule is CC(CCN1CCC(N2CCOC2=O)CC1)c1ccccc1. The van der Waals surface area contributed by atoms with E-state index in [4.69, 9.17) is 4.74 Å². The molecule has 1 unspecified atom stereocenters. The van der Waals surface area contributed by atoms with Crippen LogP contribution in [0.2, 0.25) is 0 Å². The van der Waals surface area contributed by atoms with Crippen molar-refractivity contribution in [2.75, 3.05) is 32.8 Å². The number of carbonyl (C=O) groups is 1. The highest BCUT2D eigenvalue weighted by atomic mass is 16.6. The average Bonchev–Trinajstić information content (AvgIpc) is 3.00. The van der Waals surface area contributed by atoms with Crippen LogP contribution in [-0.4, -0.2) is 54.7 Å². The van der Waals surface area contributed by atoms with Crippen molar-refractivity contribution in [2.45, 2.75) is 38.1 Å². The van der Waals surface area contributed by atoms with Gasteiger partial charge in [-0.25, -0.2) is 4.79 Å². The molecular formula is C18H26N2O2. The number of piperidine rings is 1. The highest BCUT2D eigenvalue weighted by Crippen LogP contribution is 2.23. The molecule has 22 heavy (non-hydrogen) atoms. The number of nitrogens with zero attached hydrogens (tertiary/aromatic N) is 2. The first-order valence-electron chi connectivity index (χ1n) is 8.45. The summed E-state index contributed by atoms with van der Waals surface area (Å²) < 4.78 is 5.05. The van der Waals surface area contributed by atoms with Crippen LogP contribution in [0.25, 0.3) is 0 Å². The lowest BCUT2D eigenvalue weighted by Crippen LogP contribution is -2.45. The first-order valence-corrected chi connectivity index (χ1v) is 8.45. The number of amides is 1. The summed E-state index contributed by atoms with van der Waals surface area (Å²) in [5.41, 5.74) is 1.43. The van der Waals surface area contributed by atoms with Crippen molar-refractivity contribution in [1.29, 1.82) is 0 Å². The van der Waals surface area contributed by atoms with Gasteiger partial charge in [0.15, 0.2) is 0 Å². The van der Waals surface area contributed by atoms with Gasteiger partial charge in [-0.1, -0.05) is 37.3 Å². The molecule has 0 aromatic heterocycles. The smallest absolute Gasteiger partial charge is 0.410 e. The molecule has 2 fully saturated rings. The van der Waals surface area contributed by atoms with Crippen LogP contribution in [0.1, 0.15) is 37.7 Å². The molecule has 4 nitrogen and oxygen atoms in total. The lowest BCUT2D eigenvalue weighted by atomic mass is 9.96. The molecule has 3 rings (SSSR count). The predicted octanol–water partition coefficient (Wildman–Crippen LogP) is 3.10. The Labute approximate surface area is 133 Å². The second kappa shape index (κ2) is 7.14. The molecule has 1 aromatic carbocycles. The van der Waals surface area contributed by atoms with E-state index in [9.17, 15) is 4.79 Å². The summed E-state index contributed by atoms with van der Waals surface area (Å²) in [7, 11) is 0. The van der Waals surface area contributed by atoms with Crippen molar-refractivity contribution < 1.29 is 9.53 Å². The summed E-state index contributed by atoms with van der Waals surface area (Å²) in [4.78, 5) is 16.1. The predicted molar refractivity (Wildman–Crippen MR) is 87.0 cm³/mol. The van der Waals surface area contributed by atoms with Gasteiger partial charge >= 0.3 is 6.09 Å². The molecule has 0 spiro atoms. The lowest BCUT2D eigenvalue weighted by molar-refractivity contribution is 0.116. The molecule has 4 heteroatoms. The summed E-state index contributed by atoms with van der Waals surface area (Å²) in [5.74, 6) is 0.604. The Morgan fingerprint density at radius 3 is 2.55 bits per heavy atom. The minimum atomic E-state index is -0.115. The third-order valence-electron chi connectivity index (χ3n) is 5.04. The Bertz CT molecular complexity index is 483.